The van der Waals surface area contributed by atoms with Crippen LogP contribution in [-0.2, 0) is 0 Å². The number of thiophene rings is 1. The SMILES string of the molecule is C[Si]1(C)c2cc(N(c3ccccc3)c3ccc4c(ccc5c6ccccc6ccc45)c3)ccc2-c2c1ccc1sc3ccccc3c21. The molecule has 3 heteroatoms. The standard InChI is InChI=1S/C44H31NSSi/c1-47(2)41-25-24-40-43(37-14-8-9-15-39(37)46-40)44(41)38-23-19-32(27-42(38)47)45(30-11-4-3-5-12-30)31-18-22-34-29(26-31)17-21-35-33-13-7-6-10-28(33)16-20-36(34)35/h3-27H,1-2H3. The summed E-state index contributed by atoms with van der Waals surface area (Å²) in [4.78, 5) is 2.44. The van der Waals surface area contributed by atoms with E-state index in [2.05, 4.69) is 170 Å². The summed E-state index contributed by atoms with van der Waals surface area (Å²) in [7, 11) is -1.96. The highest BCUT2D eigenvalue weighted by Crippen LogP contribution is 2.44. The molecule has 2 heterocycles. The first kappa shape index (κ1) is 26.9. The molecular weight excluding hydrogens is 603 g/mol. The Kier molecular flexibility index (Phi) is 5.67. The zero-order valence-corrected chi connectivity index (χ0v) is 28.1. The van der Waals surface area contributed by atoms with Crippen LogP contribution in [0, 0.1) is 0 Å². The Balaban J connectivity index is 1.17. The number of benzene rings is 8. The minimum absolute atomic E-state index is 1.17. The van der Waals surface area contributed by atoms with Crippen molar-refractivity contribution in [2.45, 2.75) is 13.1 Å². The molecule has 1 aliphatic heterocycles. The molecule has 0 atom stereocenters. The number of hydrogen-bond acceptors (Lipinski definition) is 2. The molecule has 0 unspecified atom stereocenters. The summed E-state index contributed by atoms with van der Waals surface area (Å²) in [5.41, 5.74) is 6.43. The van der Waals surface area contributed by atoms with Crippen molar-refractivity contribution in [1.29, 1.82) is 0 Å². The van der Waals surface area contributed by atoms with Gasteiger partial charge in [0.1, 0.15) is 8.07 Å². The molecule has 9 aromatic rings. The minimum atomic E-state index is -1.96. The molecule has 47 heavy (non-hydrogen) atoms. The fourth-order valence-corrected chi connectivity index (χ4v) is 12.3. The number of fused-ring (bicyclic) bond motifs is 12. The summed E-state index contributed by atoms with van der Waals surface area (Å²) in [6.07, 6.45) is 0. The number of para-hydroxylation sites is 1. The Hall–Kier alpha value is -5.22. The van der Waals surface area contributed by atoms with E-state index in [1.807, 2.05) is 11.3 Å². The molecule has 0 aliphatic carbocycles. The summed E-state index contributed by atoms with van der Waals surface area (Å²) < 4.78 is 2.75. The first-order valence-corrected chi connectivity index (χ1v) is 20.2. The molecular formula is C44H31NSSi. The van der Waals surface area contributed by atoms with Gasteiger partial charge in [0, 0.05) is 37.2 Å². The lowest BCUT2D eigenvalue weighted by atomic mass is 9.96. The van der Waals surface area contributed by atoms with Crippen LogP contribution in [0.5, 0.6) is 0 Å². The summed E-state index contributed by atoms with van der Waals surface area (Å²) >= 11 is 1.91. The predicted molar refractivity (Wildman–Crippen MR) is 209 cm³/mol. The van der Waals surface area contributed by atoms with E-state index in [-0.39, 0.29) is 0 Å². The largest absolute Gasteiger partial charge is 0.310 e. The number of rotatable bonds is 3. The van der Waals surface area contributed by atoms with Gasteiger partial charge in [-0.3, -0.25) is 0 Å². The van der Waals surface area contributed by atoms with Gasteiger partial charge in [-0.25, -0.2) is 0 Å². The van der Waals surface area contributed by atoms with Crippen molar-refractivity contribution < 1.29 is 0 Å². The van der Waals surface area contributed by atoms with Crippen molar-refractivity contribution >= 4 is 99.3 Å². The fraction of sp³-hybridized carbons (Fsp3) is 0.0455. The van der Waals surface area contributed by atoms with Crippen molar-refractivity contribution in [2.24, 2.45) is 0 Å². The van der Waals surface area contributed by atoms with Gasteiger partial charge in [0.2, 0.25) is 0 Å². The van der Waals surface area contributed by atoms with Crippen LogP contribution in [0.2, 0.25) is 13.1 Å². The van der Waals surface area contributed by atoms with Gasteiger partial charge in [-0.1, -0.05) is 116 Å². The van der Waals surface area contributed by atoms with Gasteiger partial charge in [0.25, 0.3) is 0 Å². The molecule has 1 aliphatic rings. The first-order valence-electron chi connectivity index (χ1n) is 16.4. The average molecular weight is 634 g/mol. The van der Waals surface area contributed by atoms with Gasteiger partial charge in [-0.05, 0) is 102 Å². The lowest BCUT2D eigenvalue weighted by molar-refractivity contribution is 1.29. The van der Waals surface area contributed by atoms with E-state index in [9.17, 15) is 0 Å². The van der Waals surface area contributed by atoms with Crippen LogP contribution >= 0.6 is 11.3 Å². The van der Waals surface area contributed by atoms with Crippen molar-refractivity contribution in [1.82, 2.24) is 0 Å². The maximum absolute atomic E-state index is 2.53. The van der Waals surface area contributed by atoms with E-state index in [0.717, 1.165) is 0 Å². The molecule has 0 radical (unpaired) electrons. The molecule has 8 aromatic carbocycles. The Bertz CT molecular complexity index is 2720. The first-order chi connectivity index (χ1) is 23.1. The lowest BCUT2D eigenvalue weighted by Gasteiger charge is -2.28. The molecule has 1 aromatic heterocycles. The van der Waals surface area contributed by atoms with E-state index in [1.54, 1.807) is 5.19 Å². The predicted octanol–water partition coefficient (Wildman–Crippen LogP) is 11.8. The average Bonchev–Trinajstić information content (AvgIpc) is 3.60. The molecule has 0 saturated heterocycles. The highest BCUT2D eigenvalue weighted by atomic mass is 32.1. The van der Waals surface area contributed by atoms with Gasteiger partial charge in [0.15, 0.2) is 0 Å². The summed E-state index contributed by atoms with van der Waals surface area (Å²) in [5.74, 6) is 0. The zero-order valence-electron chi connectivity index (χ0n) is 26.3. The lowest BCUT2D eigenvalue weighted by Crippen LogP contribution is -2.49. The maximum Gasteiger partial charge on any atom is 0.113 e. The molecule has 0 fully saturated rings. The molecule has 222 valence electrons. The van der Waals surface area contributed by atoms with Crippen molar-refractivity contribution in [2.75, 3.05) is 4.90 Å². The van der Waals surface area contributed by atoms with Crippen molar-refractivity contribution in [3.05, 3.63) is 152 Å². The Morgan fingerprint density at radius 1 is 0.447 bits per heavy atom. The quantitative estimate of drug-likeness (QED) is 0.138. The van der Waals surface area contributed by atoms with Gasteiger partial charge < -0.3 is 4.90 Å². The van der Waals surface area contributed by atoms with Crippen LogP contribution in [-0.4, -0.2) is 8.07 Å². The normalized spacial score (nSPS) is 13.5. The Morgan fingerprint density at radius 3 is 1.96 bits per heavy atom. The second-order valence-corrected chi connectivity index (χ2v) is 18.7. The molecule has 0 amide bonds. The topological polar surface area (TPSA) is 3.24 Å². The highest BCUT2D eigenvalue weighted by Gasteiger charge is 2.39. The molecule has 0 spiro atoms. The maximum atomic E-state index is 2.53. The van der Waals surface area contributed by atoms with Gasteiger partial charge in [0.05, 0.1) is 0 Å². The molecule has 10 rings (SSSR count). The number of anilines is 3. The third-order valence-electron chi connectivity index (χ3n) is 10.4. The second-order valence-electron chi connectivity index (χ2n) is 13.3. The second kappa shape index (κ2) is 9.89. The third-order valence-corrected chi connectivity index (χ3v) is 15.1. The van der Waals surface area contributed by atoms with E-state index in [1.165, 1.54) is 85.9 Å². The number of hydrogen-bond donors (Lipinski definition) is 0. The summed E-state index contributed by atoms with van der Waals surface area (Å²) in [6.45, 7) is 5.05. The molecule has 0 saturated carbocycles. The summed E-state index contributed by atoms with van der Waals surface area (Å²) in [6, 6.07) is 56.6. The van der Waals surface area contributed by atoms with Crippen LogP contribution in [0.25, 0.3) is 63.6 Å². The monoisotopic (exact) mass is 633 g/mol. The molecule has 1 nitrogen and oxygen atoms in total. The van der Waals surface area contributed by atoms with E-state index in [4.69, 9.17) is 0 Å². The Labute approximate surface area is 279 Å². The zero-order chi connectivity index (χ0) is 31.3. The van der Waals surface area contributed by atoms with Crippen LogP contribution in [0.4, 0.5) is 17.1 Å². The van der Waals surface area contributed by atoms with Crippen LogP contribution in [0.3, 0.4) is 0 Å². The number of nitrogens with zero attached hydrogens (tertiary/aromatic N) is 1. The van der Waals surface area contributed by atoms with E-state index < -0.39 is 8.07 Å². The van der Waals surface area contributed by atoms with Gasteiger partial charge >= 0.3 is 0 Å². The highest BCUT2D eigenvalue weighted by molar-refractivity contribution is 7.26. The Morgan fingerprint density at radius 2 is 1.11 bits per heavy atom. The van der Waals surface area contributed by atoms with E-state index in [0.29, 0.717) is 0 Å². The summed E-state index contributed by atoms with van der Waals surface area (Å²) in [5, 5.41) is 13.6. The van der Waals surface area contributed by atoms with Crippen LogP contribution in [0.1, 0.15) is 0 Å². The third kappa shape index (κ3) is 3.88. The van der Waals surface area contributed by atoms with Crippen LogP contribution in [0.15, 0.2) is 152 Å². The van der Waals surface area contributed by atoms with E-state index >= 15 is 0 Å². The minimum Gasteiger partial charge on any atom is -0.310 e. The van der Waals surface area contributed by atoms with Crippen LogP contribution < -0.4 is 15.3 Å². The molecule has 0 N–H and O–H groups in total. The molecule has 0 bridgehead atoms. The van der Waals surface area contributed by atoms with Gasteiger partial charge in [-0.2, -0.15) is 0 Å². The smallest absolute Gasteiger partial charge is 0.113 e. The fourth-order valence-electron chi connectivity index (χ4n) is 8.15. The van der Waals surface area contributed by atoms with Crippen molar-refractivity contribution in [3.63, 3.8) is 0 Å². The van der Waals surface area contributed by atoms with Crippen molar-refractivity contribution in [3.8, 4) is 11.1 Å². The van der Waals surface area contributed by atoms with Gasteiger partial charge in [-0.15, -0.1) is 11.3 Å².